The molecule has 0 spiro atoms. The van der Waals surface area contributed by atoms with E-state index in [9.17, 15) is 19.8 Å². The van der Waals surface area contributed by atoms with Gasteiger partial charge in [0.2, 0.25) is 5.91 Å². The van der Waals surface area contributed by atoms with Crippen molar-refractivity contribution in [3.8, 4) is 0 Å². The van der Waals surface area contributed by atoms with Crippen molar-refractivity contribution in [2.45, 2.75) is 315 Å². The molecule has 66 heavy (non-hydrogen) atoms. The maximum absolute atomic E-state index is 13.3. The summed E-state index contributed by atoms with van der Waals surface area (Å²) in [5.74, 6) is -0.494. The summed E-state index contributed by atoms with van der Waals surface area (Å²) in [6, 6.07) is -0.711. The van der Waals surface area contributed by atoms with Gasteiger partial charge in [0.1, 0.15) is 6.10 Å². The van der Waals surface area contributed by atoms with Crippen LogP contribution < -0.4 is 5.32 Å². The molecule has 1 amide bonds. The zero-order valence-electron chi connectivity index (χ0n) is 44.1. The van der Waals surface area contributed by atoms with Gasteiger partial charge in [0.05, 0.1) is 25.2 Å². The zero-order chi connectivity index (χ0) is 48.1. The van der Waals surface area contributed by atoms with Crippen LogP contribution in [0.3, 0.4) is 0 Å². The second-order valence-electron chi connectivity index (χ2n) is 19.7. The van der Waals surface area contributed by atoms with E-state index >= 15 is 0 Å². The highest BCUT2D eigenvalue weighted by Gasteiger charge is 2.24. The van der Waals surface area contributed by atoms with Crippen molar-refractivity contribution in [2.24, 2.45) is 0 Å². The Morgan fingerprint density at radius 2 is 0.818 bits per heavy atom. The first-order valence-electron chi connectivity index (χ1n) is 28.9. The number of hydrogen-bond donors (Lipinski definition) is 3. The van der Waals surface area contributed by atoms with E-state index in [0.717, 1.165) is 77.0 Å². The minimum Gasteiger partial charge on any atom is -0.462 e. The average Bonchev–Trinajstić information content (AvgIpc) is 3.31. The maximum Gasteiger partial charge on any atom is 0.306 e. The minimum absolute atomic E-state index is 0.0594. The maximum atomic E-state index is 13.3. The fraction of sp³-hybridized carbons (Fsp3) is 0.833. The highest BCUT2D eigenvalue weighted by Crippen LogP contribution is 2.18. The largest absolute Gasteiger partial charge is 0.462 e. The van der Waals surface area contributed by atoms with Crippen molar-refractivity contribution in [1.29, 1.82) is 0 Å². The highest BCUT2D eigenvalue weighted by molar-refractivity contribution is 5.77. The van der Waals surface area contributed by atoms with E-state index in [2.05, 4.69) is 74.7 Å². The molecule has 0 bridgehead atoms. The van der Waals surface area contributed by atoms with Crippen molar-refractivity contribution in [2.75, 3.05) is 6.61 Å². The molecular weight excluding hydrogens is 815 g/mol. The standard InChI is InChI=1S/C60H111NO5/c1-4-7-10-13-16-19-22-25-27-29-30-31-33-35-38-41-44-47-50-53-60(65)66-56(51-48-45-42-39-36-34-32-28-26-23-20-17-14-11-8-5-2)54-59(64)61-57(55-62)58(63)52-49-46-43-40-37-24-21-18-15-12-9-6-3/h16,19,25,27-28,32,34,36,56-58,62-63H,4-15,17-18,20-24,26,29-31,33,35,37-55H2,1-3H3,(H,61,64)/b19-16-,27-25-,32-28+,36-34+. The van der Waals surface area contributed by atoms with Gasteiger partial charge in [-0.05, 0) is 83.5 Å². The van der Waals surface area contributed by atoms with Gasteiger partial charge in [-0.2, -0.15) is 0 Å². The molecule has 0 radical (unpaired) electrons. The summed E-state index contributed by atoms with van der Waals surface area (Å²) in [5, 5.41) is 23.8. The number of allylic oxidation sites excluding steroid dienone is 8. The number of amides is 1. The summed E-state index contributed by atoms with van der Waals surface area (Å²) in [4.78, 5) is 26.3. The monoisotopic (exact) mass is 926 g/mol. The quantitative estimate of drug-likeness (QED) is 0.0244. The van der Waals surface area contributed by atoms with Crippen molar-refractivity contribution in [3.05, 3.63) is 48.6 Å². The number of aliphatic hydroxyl groups excluding tert-OH is 2. The Morgan fingerprint density at radius 1 is 0.455 bits per heavy atom. The number of carbonyl (C=O) groups excluding carboxylic acids is 2. The Labute approximate surface area is 410 Å². The Bertz CT molecular complexity index is 1130. The van der Waals surface area contributed by atoms with Crippen LogP contribution in [0, 0.1) is 0 Å². The third kappa shape index (κ3) is 48.3. The molecule has 0 aliphatic carbocycles. The lowest BCUT2D eigenvalue weighted by Gasteiger charge is -2.24. The van der Waals surface area contributed by atoms with Crippen LogP contribution in [-0.4, -0.2) is 46.9 Å². The number of ether oxygens (including phenoxy) is 1. The molecule has 0 aliphatic rings. The third-order valence-electron chi connectivity index (χ3n) is 13.2. The van der Waals surface area contributed by atoms with Crippen LogP contribution >= 0.6 is 0 Å². The lowest BCUT2D eigenvalue weighted by Crippen LogP contribution is -2.46. The lowest BCUT2D eigenvalue weighted by atomic mass is 10.0. The first-order chi connectivity index (χ1) is 32.5. The second-order valence-corrected chi connectivity index (χ2v) is 19.7. The second kappa shape index (κ2) is 53.8. The zero-order valence-corrected chi connectivity index (χ0v) is 44.1. The van der Waals surface area contributed by atoms with Crippen molar-refractivity contribution >= 4 is 11.9 Å². The van der Waals surface area contributed by atoms with E-state index in [0.29, 0.717) is 19.3 Å². The number of nitrogens with one attached hydrogen (secondary N) is 1. The van der Waals surface area contributed by atoms with Crippen LogP contribution in [0.15, 0.2) is 48.6 Å². The molecule has 3 unspecified atom stereocenters. The molecule has 0 aromatic carbocycles. The van der Waals surface area contributed by atoms with E-state index in [-0.39, 0.29) is 24.9 Å². The number of carbonyl (C=O) groups is 2. The van der Waals surface area contributed by atoms with Gasteiger partial charge in [0.25, 0.3) is 0 Å². The predicted octanol–water partition coefficient (Wildman–Crippen LogP) is 17.8. The number of unbranched alkanes of at least 4 members (excludes halogenated alkanes) is 33. The molecule has 0 aromatic heterocycles. The summed E-state index contributed by atoms with van der Waals surface area (Å²) in [5.41, 5.74) is 0. The van der Waals surface area contributed by atoms with Crippen LogP contribution in [0.25, 0.3) is 0 Å². The number of rotatable bonds is 52. The summed E-state index contributed by atoms with van der Waals surface area (Å²) >= 11 is 0. The Balaban J connectivity index is 4.59. The first-order valence-corrected chi connectivity index (χ1v) is 28.9. The molecule has 0 heterocycles. The van der Waals surface area contributed by atoms with E-state index in [1.807, 2.05) is 0 Å². The summed E-state index contributed by atoms with van der Waals surface area (Å²) < 4.78 is 5.95. The number of hydrogen-bond acceptors (Lipinski definition) is 5. The van der Waals surface area contributed by atoms with Crippen molar-refractivity contribution in [1.82, 2.24) is 5.32 Å². The van der Waals surface area contributed by atoms with Gasteiger partial charge in [0, 0.05) is 6.42 Å². The van der Waals surface area contributed by atoms with Gasteiger partial charge in [-0.15, -0.1) is 0 Å². The smallest absolute Gasteiger partial charge is 0.306 e. The predicted molar refractivity (Wildman–Crippen MR) is 287 cm³/mol. The molecule has 0 fully saturated rings. The SMILES string of the molecule is CCCCC/C=C\C/C=C\CCCCCCCCCCCC(=O)OC(CCCCC/C=C/C=C/CCCCCCCCC)CC(=O)NC(CO)C(O)CCCCCCCCCCCCCC. The lowest BCUT2D eigenvalue weighted by molar-refractivity contribution is -0.151. The van der Waals surface area contributed by atoms with Crippen LogP contribution in [0.2, 0.25) is 0 Å². The van der Waals surface area contributed by atoms with E-state index in [4.69, 9.17) is 4.74 Å². The summed E-state index contributed by atoms with van der Waals surface area (Å²) in [6.45, 7) is 6.47. The van der Waals surface area contributed by atoms with Crippen molar-refractivity contribution < 1.29 is 24.5 Å². The van der Waals surface area contributed by atoms with Gasteiger partial charge < -0.3 is 20.3 Å². The van der Waals surface area contributed by atoms with Gasteiger partial charge in [-0.3, -0.25) is 9.59 Å². The Kier molecular flexibility index (Phi) is 52.0. The number of aliphatic hydroxyl groups is 2. The van der Waals surface area contributed by atoms with Gasteiger partial charge in [-0.1, -0.05) is 249 Å². The van der Waals surface area contributed by atoms with Crippen LogP contribution in [-0.2, 0) is 14.3 Å². The van der Waals surface area contributed by atoms with E-state index in [1.165, 1.54) is 173 Å². The summed E-state index contributed by atoms with van der Waals surface area (Å²) in [7, 11) is 0. The van der Waals surface area contributed by atoms with Gasteiger partial charge >= 0.3 is 5.97 Å². The molecule has 3 atom stereocenters. The van der Waals surface area contributed by atoms with Gasteiger partial charge in [0.15, 0.2) is 0 Å². The molecule has 0 aliphatic heterocycles. The third-order valence-corrected chi connectivity index (χ3v) is 13.2. The molecular formula is C60H111NO5. The number of esters is 1. The Hall–Kier alpha value is -2.18. The molecule has 386 valence electrons. The van der Waals surface area contributed by atoms with E-state index < -0.39 is 18.2 Å². The summed E-state index contributed by atoms with van der Waals surface area (Å²) in [6.07, 6.45) is 66.0. The molecule has 3 N–H and O–H groups in total. The van der Waals surface area contributed by atoms with Crippen LogP contribution in [0.5, 0.6) is 0 Å². The minimum atomic E-state index is -0.795. The van der Waals surface area contributed by atoms with E-state index in [1.54, 1.807) is 0 Å². The highest BCUT2D eigenvalue weighted by atomic mass is 16.5. The van der Waals surface area contributed by atoms with Crippen LogP contribution in [0.1, 0.15) is 297 Å². The average molecular weight is 927 g/mol. The molecule has 0 aromatic rings. The molecule has 0 saturated heterocycles. The normalized spacial score (nSPS) is 13.5. The van der Waals surface area contributed by atoms with Crippen molar-refractivity contribution in [3.63, 3.8) is 0 Å². The Morgan fingerprint density at radius 3 is 1.29 bits per heavy atom. The molecule has 0 saturated carbocycles. The fourth-order valence-electron chi connectivity index (χ4n) is 8.75. The topological polar surface area (TPSA) is 95.9 Å². The molecule has 6 nitrogen and oxygen atoms in total. The fourth-order valence-corrected chi connectivity index (χ4v) is 8.75. The molecule has 6 heteroatoms. The van der Waals surface area contributed by atoms with Gasteiger partial charge in [-0.25, -0.2) is 0 Å². The van der Waals surface area contributed by atoms with Crippen LogP contribution in [0.4, 0.5) is 0 Å². The first kappa shape index (κ1) is 63.8. The molecule has 0 rings (SSSR count).